The Morgan fingerprint density at radius 1 is 1.12 bits per heavy atom. The van der Waals surface area contributed by atoms with E-state index in [1.165, 1.54) is 0 Å². The van der Waals surface area contributed by atoms with Crippen LogP contribution >= 0.6 is 0 Å². The monoisotopic (exact) mass is 339 g/mol. The molecule has 0 aliphatic heterocycles. The summed E-state index contributed by atoms with van der Waals surface area (Å²) in [5.74, 6) is 1.31. The molecule has 25 heavy (non-hydrogen) atoms. The number of nitrogens with one attached hydrogen (secondary N) is 2. The Balaban J connectivity index is 1.44. The van der Waals surface area contributed by atoms with E-state index in [1.807, 2.05) is 61.1 Å². The zero-order valence-corrected chi connectivity index (χ0v) is 14.3. The highest BCUT2D eigenvalue weighted by molar-refractivity contribution is 5.75. The molecule has 8 heteroatoms. The molecule has 0 bridgehead atoms. The molecule has 3 aromatic heterocycles. The van der Waals surface area contributed by atoms with Crippen molar-refractivity contribution in [2.45, 2.75) is 20.4 Å². The van der Waals surface area contributed by atoms with Crippen molar-refractivity contribution >= 4 is 11.7 Å². The van der Waals surface area contributed by atoms with Crippen molar-refractivity contribution in [2.75, 3.05) is 18.4 Å². The minimum atomic E-state index is -0.0241. The molecule has 2 N–H and O–H groups in total. The van der Waals surface area contributed by atoms with Gasteiger partial charge in [0.2, 0.25) is 5.91 Å². The predicted octanol–water partition coefficient (Wildman–Crippen LogP) is 1.31. The highest BCUT2D eigenvalue weighted by atomic mass is 16.1. The van der Waals surface area contributed by atoms with Crippen LogP contribution in [0.25, 0.3) is 5.82 Å². The standard InChI is InChI=1S/C17H21N7O/c1-13-11-14(2)24(22-13)16-6-5-15(20-21-16)18-7-8-19-17(25)12-23-9-3-4-10-23/h3-6,9-11H,7-8,12H2,1-2H3,(H,18,20)(H,19,25). The number of amides is 1. The van der Waals surface area contributed by atoms with E-state index in [0.717, 1.165) is 11.4 Å². The molecule has 3 rings (SSSR count). The number of carbonyl (C=O) groups is 1. The Bertz CT molecular complexity index is 821. The molecule has 0 saturated heterocycles. The largest absolute Gasteiger partial charge is 0.367 e. The summed E-state index contributed by atoms with van der Waals surface area (Å²) in [6.45, 7) is 5.33. The highest BCUT2D eigenvalue weighted by Crippen LogP contribution is 2.10. The van der Waals surface area contributed by atoms with Crippen LogP contribution in [0.4, 0.5) is 5.82 Å². The van der Waals surface area contributed by atoms with Crippen molar-refractivity contribution in [1.82, 2.24) is 29.9 Å². The Morgan fingerprint density at radius 3 is 2.56 bits per heavy atom. The quantitative estimate of drug-likeness (QED) is 0.634. The molecular formula is C17H21N7O. The van der Waals surface area contributed by atoms with Gasteiger partial charge in [-0.15, -0.1) is 10.2 Å². The Hall–Kier alpha value is -3.16. The number of carbonyl (C=O) groups excluding carboxylic acids is 1. The van der Waals surface area contributed by atoms with Crippen LogP contribution in [-0.4, -0.2) is 43.5 Å². The van der Waals surface area contributed by atoms with Crippen molar-refractivity contribution in [3.05, 3.63) is 54.1 Å². The van der Waals surface area contributed by atoms with E-state index in [9.17, 15) is 4.79 Å². The molecule has 0 fully saturated rings. The van der Waals surface area contributed by atoms with Gasteiger partial charge in [0.25, 0.3) is 0 Å². The van der Waals surface area contributed by atoms with Gasteiger partial charge in [0.1, 0.15) is 12.4 Å². The first-order chi connectivity index (χ1) is 12.1. The predicted molar refractivity (Wildman–Crippen MR) is 94.6 cm³/mol. The van der Waals surface area contributed by atoms with Gasteiger partial charge in [0.05, 0.1) is 5.69 Å². The fourth-order valence-electron chi connectivity index (χ4n) is 2.48. The van der Waals surface area contributed by atoms with Gasteiger partial charge in [-0.05, 0) is 44.2 Å². The molecule has 8 nitrogen and oxygen atoms in total. The molecule has 3 aromatic rings. The lowest BCUT2D eigenvalue weighted by atomic mass is 10.4. The number of aromatic nitrogens is 5. The Morgan fingerprint density at radius 2 is 1.92 bits per heavy atom. The molecule has 1 amide bonds. The van der Waals surface area contributed by atoms with Crippen LogP contribution in [0.1, 0.15) is 11.4 Å². The lowest BCUT2D eigenvalue weighted by Crippen LogP contribution is -2.31. The molecule has 0 aliphatic rings. The van der Waals surface area contributed by atoms with Gasteiger partial charge in [-0.1, -0.05) is 0 Å². The third-order valence-electron chi connectivity index (χ3n) is 3.62. The van der Waals surface area contributed by atoms with Crippen LogP contribution in [0.3, 0.4) is 0 Å². The van der Waals surface area contributed by atoms with Crippen molar-refractivity contribution in [3.63, 3.8) is 0 Å². The number of nitrogens with zero attached hydrogens (tertiary/aromatic N) is 5. The maximum absolute atomic E-state index is 11.8. The Kier molecular flexibility index (Phi) is 5.08. The molecule has 0 aromatic carbocycles. The topological polar surface area (TPSA) is 89.7 Å². The summed E-state index contributed by atoms with van der Waals surface area (Å²) in [5, 5.41) is 18.7. The van der Waals surface area contributed by atoms with Gasteiger partial charge in [-0.2, -0.15) is 5.10 Å². The summed E-state index contributed by atoms with van der Waals surface area (Å²) in [7, 11) is 0. The van der Waals surface area contributed by atoms with Crippen molar-refractivity contribution < 1.29 is 4.79 Å². The summed E-state index contributed by atoms with van der Waals surface area (Å²) < 4.78 is 3.58. The van der Waals surface area contributed by atoms with Gasteiger partial charge in [0.15, 0.2) is 5.82 Å². The second kappa shape index (κ2) is 7.61. The summed E-state index contributed by atoms with van der Waals surface area (Å²) >= 11 is 0. The van der Waals surface area contributed by atoms with Crippen LogP contribution in [0, 0.1) is 13.8 Å². The van der Waals surface area contributed by atoms with E-state index < -0.39 is 0 Å². The second-order valence-corrected chi connectivity index (χ2v) is 5.75. The highest BCUT2D eigenvalue weighted by Gasteiger charge is 2.06. The number of anilines is 1. The zero-order valence-electron chi connectivity index (χ0n) is 14.3. The maximum atomic E-state index is 11.8. The summed E-state index contributed by atoms with van der Waals surface area (Å²) in [4.78, 5) is 11.8. The zero-order chi connectivity index (χ0) is 17.6. The van der Waals surface area contributed by atoms with Crippen LogP contribution in [0.15, 0.2) is 42.7 Å². The lowest BCUT2D eigenvalue weighted by Gasteiger charge is -2.08. The fourth-order valence-corrected chi connectivity index (χ4v) is 2.48. The molecule has 3 heterocycles. The smallest absolute Gasteiger partial charge is 0.239 e. The minimum absolute atomic E-state index is 0.0241. The first-order valence-corrected chi connectivity index (χ1v) is 8.10. The molecule has 0 unspecified atom stereocenters. The van der Waals surface area contributed by atoms with Gasteiger partial charge in [-0.3, -0.25) is 4.79 Å². The van der Waals surface area contributed by atoms with Crippen molar-refractivity contribution in [3.8, 4) is 5.82 Å². The van der Waals surface area contributed by atoms with E-state index >= 15 is 0 Å². The lowest BCUT2D eigenvalue weighted by molar-refractivity contribution is -0.121. The molecule has 0 spiro atoms. The average molecular weight is 339 g/mol. The van der Waals surface area contributed by atoms with E-state index in [-0.39, 0.29) is 5.91 Å². The van der Waals surface area contributed by atoms with Crippen LogP contribution in [0.2, 0.25) is 0 Å². The summed E-state index contributed by atoms with van der Waals surface area (Å²) in [6.07, 6.45) is 3.72. The molecular weight excluding hydrogens is 318 g/mol. The fraction of sp³-hybridized carbons (Fsp3) is 0.294. The average Bonchev–Trinajstić information content (AvgIpc) is 3.21. The number of hydrogen-bond donors (Lipinski definition) is 2. The first-order valence-electron chi connectivity index (χ1n) is 8.10. The third kappa shape index (κ3) is 4.43. The third-order valence-corrected chi connectivity index (χ3v) is 3.62. The van der Waals surface area contributed by atoms with E-state index in [0.29, 0.717) is 31.3 Å². The van der Waals surface area contributed by atoms with Gasteiger partial charge < -0.3 is 15.2 Å². The van der Waals surface area contributed by atoms with E-state index in [1.54, 1.807) is 4.68 Å². The first kappa shape index (κ1) is 16.7. The normalized spacial score (nSPS) is 10.6. The van der Waals surface area contributed by atoms with Crippen molar-refractivity contribution in [1.29, 1.82) is 0 Å². The van der Waals surface area contributed by atoms with Gasteiger partial charge in [0, 0.05) is 31.2 Å². The van der Waals surface area contributed by atoms with Crippen LogP contribution in [0.5, 0.6) is 0 Å². The van der Waals surface area contributed by atoms with Gasteiger partial charge >= 0.3 is 0 Å². The van der Waals surface area contributed by atoms with Crippen molar-refractivity contribution in [2.24, 2.45) is 0 Å². The molecule has 130 valence electrons. The van der Waals surface area contributed by atoms with Gasteiger partial charge in [-0.25, -0.2) is 4.68 Å². The molecule has 0 atom stereocenters. The summed E-state index contributed by atoms with van der Waals surface area (Å²) in [5.41, 5.74) is 1.95. The van der Waals surface area contributed by atoms with Crippen LogP contribution in [-0.2, 0) is 11.3 Å². The molecule has 0 saturated carbocycles. The Labute approximate surface area is 145 Å². The number of aryl methyl sites for hydroxylation is 2. The number of rotatable bonds is 7. The molecule has 0 radical (unpaired) electrons. The second-order valence-electron chi connectivity index (χ2n) is 5.75. The summed E-state index contributed by atoms with van der Waals surface area (Å²) in [6, 6.07) is 9.48. The SMILES string of the molecule is Cc1cc(C)n(-c2ccc(NCCNC(=O)Cn3cccc3)nn2)n1. The van der Waals surface area contributed by atoms with E-state index in [2.05, 4.69) is 25.9 Å². The van der Waals surface area contributed by atoms with E-state index in [4.69, 9.17) is 0 Å². The minimum Gasteiger partial charge on any atom is -0.367 e. The maximum Gasteiger partial charge on any atom is 0.239 e. The molecule has 0 aliphatic carbocycles. The van der Waals surface area contributed by atoms with Crippen LogP contribution < -0.4 is 10.6 Å². The number of hydrogen-bond acceptors (Lipinski definition) is 5.